The molecule has 0 saturated heterocycles. The van der Waals surface area contributed by atoms with Gasteiger partial charge in [0, 0.05) is 35.1 Å². The van der Waals surface area contributed by atoms with Gasteiger partial charge in [-0.2, -0.15) is 0 Å². The maximum Gasteiger partial charge on any atom is 0.132 e. The molecule has 0 aliphatic heterocycles. The monoisotopic (exact) mass is 176 g/mol. The quantitative estimate of drug-likeness (QED) is 0.615. The third-order valence-corrected chi connectivity index (χ3v) is 2.93. The molecule has 1 unspecified atom stereocenters. The molecule has 0 N–H and O–H groups in total. The molecule has 0 saturated carbocycles. The van der Waals surface area contributed by atoms with E-state index in [9.17, 15) is 9.00 Å². The van der Waals surface area contributed by atoms with E-state index in [-0.39, 0.29) is 5.78 Å². The Kier molecular flexibility index (Phi) is 6.42. The Labute approximate surface area is 70.8 Å². The molecule has 66 valence electrons. The van der Waals surface area contributed by atoms with Gasteiger partial charge in [0.15, 0.2) is 0 Å². The number of Topliss-reactive ketones (excluding diaryl/α,β-unsaturated/α-hetero) is 1. The van der Waals surface area contributed by atoms with Crippen LogP contribution in [0.4, 0.5) is 0 Å². The van der Waals surface area contributed by atoms with Crippen LogP contribution in [0.15, 0.2) is 0 Å². The van der Waals surface area contributed by atoms with Crippen LogP contribution in [0.1, 0.15) is 33.1 Å². The van der Waals surface area contributed by atoms with Gasteiger partial charge in [-0.15, -0.1) is 0 Å². The smallest absolute Gasteiger partial charge is 0.132 e. The molecule has 0 aromatic carbocycles. The van der Waals surface area contributed by atoms with E-state index in [1.54, 1.807) is 0 Å². The zero-order valence-electron chi connectivity index (χ0n) is 7.26. The molecule has 0 heterocycles. The lowest BCUT2D eigenvalue weighted by Gasteiger charge is -1.97. The van der Waals surface area contributed by atoms with Crippen LogP contribution in [0, 0.1) is 0 Å². The van der Waals surface area contributed by atoms with E-state index in [1.165, 1.54) is 0 Å². The number of ketones is 1. The fourth-order valence-corrected chi connectivity index (χ4v) is 1.51. The van der Waals surface area contributed by atoms with Gasteiger partial charge in [-0.3, -0.25) is 9.00 Å². The summed E-state index contributed by atoms with van der Waals surface area (Å²) in [6, 6.07) is 0. The molecule has 2 nitrogen and oxygen atoms in total. The molecule has 0 rings (SSSR count). The lowest BCUT2D eigenvalue weighted by molar-refractivity contribution is -0.118. The second-order valence-corrected chi connectivity index (χ2v) is 4.29. The first kappa shape index (κ1) is 10.8. The van der Waals surface area contributed by atoms with Crippen molar-refractivity contribution >= 4 is 16.6 Å². The highest BCUT2D eigenvalue weighted by Crippen LogP contribution is 1.96. The van der Waals surface area contributed by atoms with E-state index in [2.05, 4.69) is 0 Å². The third-order valence-electron chi connectivity index (χ3n) is 1.54. The van der Waals surface area contributed by atoms with Crippen LogP contribution in [-0.4, -0.2) is 21.5 Å². The lowest BCUT2D eigenvalue weighted by Crippen LogP contribution is -2.03. The molecule has 0 radical (unpaired) electrons. The van der Waals surface area contributed by atoms with Crippen molar-refractivity contribution in [3.05, 3.63) is 0 Å². The van der Waals surface area contributed by atoms with Crippen LogP contribution < -0.4 is 0 Å². The minimum Gasteiger partial charge on any atom is -0.300 e. The fraction of sp³-hybridized carbons (Fsp3) is 0.875. The lowest BCUT2D eigenvalue weighted by atomic mass is 10.2. The van der Waals surface area contributed by atoms with Crippen LogP contribution in [0.5, 0.6) is 0 Å². The van der Waals surface area contributed by atoms with E-state index in [0.717, 1.165) is 6.42 Å². The van der Waals surface area contributed by atoms with Crippen LogP contribution in [-0.2, 0) is 15.6 Å². The Balaban J connectivity index is 3.27. The van der Waals surface area contributed by atoms with Crippen molar-refractivity contribution < 1.29 is 9.00 Å². The highest BCUT2D eigenvalue weighted by Gasteiger charge is 1.99. The topological polar surface area (TPSA) is 34.1 Å². The van der Waals surface area contributed by atoms with Crippen LogP contribution >= 0.6 is 0 Å². The predicted molar refractivity (Wildman–Crippen MR) is 48.1 cm³/mol. The summed E-state index contributed by atoms with van der Waals surface area (Å²) in [5, 5.41) is 0. The Morgan fingerprint density at radius 2 is 2.00 bits per heavy atom. The Morgan fingerprint density at radius 3 is 2.45 bits per heavy atom. The first-order chi connectivity index (χ1) is 5.20. The summed E-state index contributed by atoms with van der Waals surface area (Å²) < 4.78 is 10.9. The summed E-state index contributed by atoms with van der Waals surface area (Å²) in [6.45, 7) is 3.76. The third kappa shape index (κ3) is 6.23. The first-order valence-corrected chi connectivity index (χ1v) is 5.56. The zero-order valence-corrected chi connectivity index (χ0v) is 8.08. The average molecular weight is 176 g/mol. The van der Waals surface area contributed by atoms with Crippen molar-refractivity contribution in [3.8, 4) is 0 Å². The molecule has 0 aromatic heterocycles. The maximum absolute atomic E-state index is 10.9. The molecule has 0 amide bonds. The summed E-state index contributed by atoms with van der Waals surface area (Å²) in [5.41, 5.74) is 0. The molecule has 0 fully saturated rings. The van der Waals surface area contributed by atoms with Gasteiger partial charge in [-0.05, 0) is 6.42 Å². The molecule has 1 atom stereocenters. The van der Waals surface area contributed by atoms with E-state index in [1.807, 2.05) is 13.8 Å². The number of hydrogen-bond donors (Lipinski definition) is 0. The zero-order chi connectivity index (χ0) is 8.69. The summed E-state index contributed by atoms with van der Waals surface area (Å²) in [4.78, 5) is 10.8. The molecular weight excluding hydrogens is 160 g/mol. The molecule has 0 aliphatic carbocycles. The van der Waals surface area contributed by atoms with Crippen LogP contribution in [0.2, 0.25) is 0 Å². The number of carbonyl (C=O) groups is 1. The number of rotatable bonds is 6. The van der Waals surface area contributed by atoms with Crippen molar-refractivity contribution in [2.24, 2.45) is 0 Å². The van der Waals surface area contributed by atoms with Crippen LogP contribution in [0.3, 0.4) is 0 Å². The van der Waals surface area contributed by atoms with E-state index >= 15 is 0 Å². The second kappa shape index (κ2) is 6.53. The van der Waals surface area contributed by atoms with Gasteiger partial charge >= 0.3 is 0 Å². The SMILES string of the molecule is CCC(=O)CCCS(=O)CC. The van der Waals surface area contributed by atoms with E-state index < -0.39 is 10.8 Å². The van der Waals surface area contributed by atoms with Gasteiger partial charge in [0.2, 0.25) is 0 Å². The second-order valence-electron chi connectivity index (χ2n) is 2.43. The largest absolute Gasteiger partial charge is 0.300 e. The summed E-state index contributed by atoms with van der Waals surface area (Å²) in [5.74, 6) is 1.67. The normalized spacial score (nSPS) is 12.9. The standard InChI is InChI=1S/C8H16O2S/c1-3-8(9)6-5-7-11(10)4-2/h3-7H2,1-2H3. The Morgan fingerprint density at radius 1 is 1.36 bits per heavy atom. The van der Waals surface area contributed by atoms with Gasteiger partial charge < -0.3 is 0 Å². The fourth-order valence-electron chi connectivity index (χ4n) is 0.751. The average Bonchev–Trinajstić information content (AvgIpc) is 2.04. The summed E-state index contributed by atoms with van der Waals surface area (Å²) in [6.07, 6.45) is 1.99. The van der Waals surface area contributed by atoms with Crippen molar-refractivity contribution in [2.75, 3.05) is 11.5 Å². The van der Waals surface area contributed by atoms with Gasteiger partial charge in [-0.25, -0.2) is 0 Å². The molecular formula is C8H16O2S. The Hall–Kier alpha value is -0.180. The van der Waals surface area contributed by atoms with Gasteiger partial charge in [-0.1, -0.05) is 13.8 Å². The Bertz CT molecular complexity index is 127. The highest BCUT2D eigenvalue weighted by atomic mass is 32.2. The molecule has 0 spiro atoms. The minimum absolute atomic E-state index is 0.276. The minimum atomic E-state index is -0.698. The number of carbonyl (C=O) groups excluding carboxylic acids is 1. The van der Waals surface area contributed by atoms with Crippen molar-refractivity contribution in [1.82, 2.24) is 0 Å². The predicted octanol–water partition coefficient (Wildman–Crippen LogP) is 1.51. The highest BCUT2D eigenvalue weighted by molar-refractivity contribution is 7.84. The van der Waals surface area contributed by atoms with E-state index in [4.69, 9.17) is 0 Å². The van der Waals surface area contributed by atoms with Gasteiger partial charge in [0.25, 0.3) is 0 Å². The first-order valence-electron chi connectivity index (χ1n) is 4.07. The van der Waals surface area contributed by atoms with Crippen molar-refractivity contribution in [3.63, 3.8) is 0 Å². The summed E-state index contributed by atoms with van der Waals surface area (Å²) >= 11 is 0. The molecule has 11 heavy (non-hydrogen) atoms. The van der Waals surface area contributed by atoms with E-state index in [0.29, 0.717) is 24.3 Å². The number of hydrogen-bond acceptors (Lipinski definition) is 2. The molecule has 3 heteroatoms. The summed E-state index contributed by atoms with van der Waals surface area (Å²) in [7, 11) is -0.698. The van der Waals surface area contributed by atoms with Crippen LogP contribution in [0.25, 0.3) is 0 Å². The maximum atomic E-state index is 10.9. The van der Waals surface area contributed by atoms with Crippen molar-refractivity contribution in [2.45, 2.75) is 33.1 Å². The van der Waals surface area contributed by atoms with Gasteiger partial charge in [0.1, 0.15) is 5.78 Å². The van der Waals surface area contributed by atoms with Crippen molar-refractivity contribution in [1.29, 1.82) is 0 Å². The van der Waals surface area contributed by atoms with Gasteiger partial charge in [0.05, 0.1) is 0 Å². The molecule has 0 bridgehead atoms. The molecule has 0 aliphatic rings. The molecule has 0 aromatic rings.